The molecule has 0 bridgehead atoms. The molecule has 1 aromatic carbocycles. The SMILES string of the molecule is N#Cc1ccc2c(c1)C(=C(Cl)Cl)OC(=C(Cl)Cl)O2. The van der Waals surface area contributed by atoms with Gasteiger partial charge < -0.3 is 9.47 Å². The number of nitrogens with zero attached hydrogens (tertiary/aromatic N) is 1. The maximum atomic E-state index is 8.84. The monoisotopic (exact) mass is 321 g/mol. The zero-order valence-electron chi connectivity index (χ0n) is 8.51. The van der Waals surface area contributed by atoms with Gasteiger partial charge in [-0.15, -0.1) is 0 Å². The number of hydrogen-bond donors (Lipinski definition) is 0. The number of halogens is 4. The number of rotatable bonds is 0. The molecule has 0 aliphatic carbocycles. The molecule has 7 heteroatoms. The van der Waals surface area contributed by atoms with E-state index in [1.807, 2.05) is 6.07 Å². The van der Waals surface area contributed by atoms with E-state index in [1.54, 1.807) is 12.1 Å². The number of hydrogen-bond acceptors (Lipinski definition) is 3. The summed E-state index contributed by atoms with van der Waals surface area (Å²) >= 11 is 22.6. The van der Waals surface area contributed by atoms with Gasteiger partial charge in [0.1, 0.15) is 10.2 Å². The molecule has 1 heterocycles. The molecule has 18 heavy (non-hydrogen) atoms. The van der Waals surface area contributed by atoms with E-state index in [2.05, 4.69) is 0 Å². The van der Waals surface area contributed by atoms with Gasteiger partial charge in [-0.25, -0.2) is 0 Å². The number of nitriles is 1. The summed E-state index contributed by atoms with van der Waals surface area (Å²) in [6, 6.07) is 6.67. The molecule has 0 atom stereocenters. The van der Waals surface area contributed by atoms with Crippen molar-refractivity contribution in [2.75, 3.05) is 0 Å². The molecule has 1 aliphatic heterocycles. The van der Waals surface area contributed by atoms with Crippen LogP contribution in [0, 0.1) is 11.3 Å². The molecule has 0 aromatic heterocycles. The van der Waals surface area contributed by atoms with Crippen molar-refractivity contribution >= 4 is 52.2 Å². The molecule has 0 radical (unpaired) electrons. The van der Waals surface area contributed by atoms with E-state index in [4.69, 9.17) is 61.1 Å². The van der Waals surface area contributed by atoms with E-state index in [-0.39, 0.29) is 20.7 Å². The van der Waals surface area contributed by atoms with Crippen LogP contribution in [0.3, 0.4) is 0 Å². The Kier molecular flexibility index (Phi) is 3.94. The zero-order chi connectivity index (χ0) is 13.3. The van der Waals surface area contributed by atoms with Crippen LogP contribution in [0.4, 0.5) is 0 Å². The van der Waals surface area contributed by atoms with Crippen LogP contribution in [0.1, 0.15) is 11.1 Å². The van der Waals surface area contributed by atoms with Gasteiger partial charge in [0.25, 0.3) is 0 Å². The fraction of sp³-hybridized carbons (Fsp3) is 0. The maximum absolute atomic E-state index is 8.84. The minimum absolute atomic E-state index is 0.121. The highest BCUT2D eigenvalue weighted by atomic mass is 35.5. The molecule has 92 valence electrons. The lowest BCUT2D eigenvalue weighted by atomic mass is 10.1. The minimum Gasteiger partial charge on any atom is -0.423 e. The summed E-state index contributed by atoms with van der Waals surface area (Å²) < 4.78 is 10.2. The largest absolute Gasteiger partial charge is 0.423 e. The van der Waals surface area contributed by atoms with Crippen molar-refractivity contribution in [2.45, 2.75) is 0 Å². The summed E-state index contributed by atoms with van der Waals surface area (Å²) in [6.07, 6.45) is 0. The lowest BCUT2D eigenvalue weighted by Crippen LogP contribution is -2.10. The summed E-state index contributed by atoms with van der Waals surface area (Å²) in [6.45, 7) is 0. The Balaban J connectivity index is 2.64. The lowest BCUT2D eigenvalue weighted by Gasteiger charge is -2.22. The Morgan fingerprint density at radius 2 is 1.78 bits per heavy atom. The zero-order valence-corrected chi connectivity index (χ0v) is 11.5. The number of benzene rings is 1. The number of ether oxygens (including phenoxy) is 2. The molecular formula is C11H3Cl4NO2. The maximum Gasteiger partial charge on any atom is 0.322 e. The minimum atomic E-state index is -0.197. The average Bonchev–Trinajstić information content (AvgIpc) is 2.36. The molecule has 0 spiro atoms. The van der Waals surface area contributed by atoms with E-state index in [1.165, 1.54) is 6.07 Å². The summed E-state index contributed by atoms with van der Waals surface area (Å²) in [5.74, 6) is 0.401. The summed E-state index contributed by atoms with van der Waals surface area (Å²) in [7, 11) is 0. The van der Waals surface area contributed by atoms with Gasteiger partial charge >= 0.3 is 5.95 Å². The Labute approximate surface area is 123 Å². The number of fused-ring (bicyclic) bond motifs is 1. The molecular weight excluding hydrogens is 320 g/mol. The fourth-order valence-corrected chi connectivity index (χ4v) is 1.79. The Morgan fingerprint density at radius 1 is 1.06 bits per heavy atom. The molecule has 0 saturated carbocycles. The fourth-order valence-electron chi connectivity index (χ4n) is 1.35. The molecule has 0 N–H and O–H groups in total. The van der Waals surface area contributed by atoms with Crippen LogP contribution in [-0.2, 0) is 4.74 Å². The molecule has 1 aliphatic rings. The molecule has 0 unspecified atom stereocenters. The molecule has 1 aromatic rings. The van der Waals surface area contributed by atoms with E-state index in [9.17, 15) is 0 Å². The topological polar surface area (TPSA) is 42.2 Å². The van der Waals surface area contributed by atoms with Crippen molar-refractivity contribution in [2.24, 2.45) is 0 Å². The summed E-state index contributed by atoms with van der Waals surface area (Å²) in [5, 5.41) is 8.84. The molecule has 0 amide bonds. The summed E-state index contributed by atoms with van der Waals surface area (Å²) in [4.78, 5) is 0. The van der Waals surface area contributed by atoms with Crippen molar-refractivity contribution in [1.29, 1.82) is 5.26 Å². The molecule has 2 rings (SSSR count). The normalized spacial score (nSPS) is 13.1. The molecule has 0 fully saturated rings. The Bertz CT molecular complexity index is 608. The van der Waals surface area contributed by atoms with Crippen LogP contribution < -0.4 is 4.74 Å². The molecule has 0 saturated heterocycles. The van der Waals surface area contributed by atoms with Crippen LogP contribution in [0.15, 0.2) is 33.1 Å². The third-order valence-electron chi connectivity index (χ3n) is 2.08. The van der Waals surface area contributed by atoms with Gasteiger partial charge in [0.2, 0.25) is 0 Å². The van der Waals surface area contributed by atoms with Gasteiger partial charge in [-0.1, -0.05) is 46.4 Å². The third kappa shape index (κ3) is 2.52. The highest BCUT2D eigenvalue weighted by molar-refractivity contribution is 6.58. The van der Waals surface area contributed by atoms with Crippen molar-refractivity contribution in [3.63, 3.8) is 0 Å². The van der Waals surface area contributed by atoms with Crippen LogP contribution in [0.5, 0.6) is 5.75 Å². The second kappa shape index (κ2) is 5.29. The highest BCUT2D eigenvalue weighted by Crippen LogP contribution is 2.40. The predicted octanol–water partition coefficient (Wildman–Crippen LogP) is 4.68. The van der Waals surface area contributed by atoms with Crippen molar-refractivity contribution in [1.82, 2.24) is 0 Å². The molecule has 3 nitrogen and oxygen atoms in total. The first-order valence-electron chi connectivity index (χ1n) is 4.53. The van der Waals surface area contributed by atoms with Gasteiger partial charge in [-0.05, 0) is 18.2 Å². The third-order valence-corrected chi connectivity index (χ3v) is 2.73. The standard InChI is InChI=1S/C11H3Cl4NO2/c12-9(13)8-6-3-5(4-16)1-2-7(6)17-11(18-8)10(14)15/h1-3H. The average molecular weight is 323 g/mol. The van der Waals surface area contributed by atoms with Gasteiger partial charge in [-0.2, -0.15) is 5.26 Å². The van der Waals surface area contributed by atoms with E-state index in [0.717, 1.165) is 0 Å². The van der Waals surface area contributed by atoms with Gasteiger partial charge in [-0.3, -0.25) is 0 Å². The second-order valence-electron chi connectivity index (χ2n) is 3.16. The first-order valence-corrected chi connectivity index (χ1v) is 6.05. The van der Waals surface area contributed by atoms with Crippen LogP contribution in [0.25, 0.3) is 5.76 Å². The Morgan fingerprint density at radius 3 is 2.33 bits per heavy atom. The highest BCUT2D eigenvalue weighted by Gasteiger charge is 2.25. The van der Waals surface area contributed by atoms with Gasteiger partial charge in [0, 0.05) is 0 Å². The van der Waals surface area contributed by atoms with Crippen molar-refractivity contribution in [3.05, 3.63) is 44.3 Å². The van der Waals surface area contributed by atoms with Gasteiger partial charge in [0.15, 0.2) is 10.3 Å². The van der Waals surface area contributed by atoms with E-state index < -0.39 is 0 Å². The van der Waals surface area contributed by atoms with Crippen molar-refractivity contribution in [3.8, 4) is 11.8 Å². The second-order valence-corrected chi connectivity index (χ2v) is 5.06. The van der Waals surface area contributed by atoms with Crippen LogP contribution in [-0.4, -0.2) is 0 Å². The first-order chi connectivity index (χ1) is 8.52. The smallest absolute Gasteiger partial charge is 0.322 e. The van der Waals surface area contributed by atoms with Crippen molar-refractivity contribution < 1.29 is 9.47 Å². The summed E-state index contributed by atoms with van der Waals surface area (Å²) in [5.41, 5.74) is 0.866. The van der Waals surface area contributed by atoms with E-state index in [0.29, 0.717) is 16.9 Å². The predicted molar refractivity (Wildman–Crippen MR) is 70.2 cm³/mol. The van der Waals surface area contributed by atoms with Crippen LogP contribution in [0.2, 0.25) is 0 Å². The Hall–Kier alpha value is -1.05. The van der Waals surface area contributed by atoms with E-state index >= 15 is 0 Å². The quantitative estimate of drug-likeness (QED) is 0.696. The lowest BCUT2D eigenvalue weighted by molar-refractivity contribution is 0.184. The van der Waals surface area contributed by atoms with Crippen LogP contribution >= 0.6 is 46.4 Å². The van der Waals surface area contributed by atoms with Gasteiger partial charge in [0.05, 0.1) is 17.2 Å². The first kappa shape index (κ1) is 13.4.